The van der Waals surface area contributed by atoms with E-state index in [9.17, 15) is 9.59 Å². The molecule has 0 aliphatic rings. The van der Waals surface area contributed by atoms with Crippen LogP contribution in [0.2, 0.25) is 0 Å². The highest BCUT2D eigenvalue weighted by Crippen LogP contribution is 2.18. The maximum Gasteiger partial charge on any atom is 0.319 e. The number of carbonyl (C=O) groups is 2. The first-order chi connectivity index (χ1) is 15.7. The third kappa shape index (κ3) is 7.55. The summed E-state index contributed by atoms with van der Waals surface area (Å²) in [6.07, 6.45) is 2.88. The number of methoxy groups -OCH3 is 1. The van der Waals surface area contributed by atoms with Crippen LogP contribution in [-0.2, 0) is 17.9 Å². The number of hydrogen-bond acceptors (Lipinski definition) is 3. The van der Waals surface area contributed by atoms with Crippen LogP contribution in [0.3, 0.4) is 0 Å². The highest BCUT2D eigenvalue weighted by Gasteiger charge is 2.26. The van der Waals surface area contributed by atoms with Crippen molar-refractivity contribution in [1.82, 2.24) is 19.3 Å². The highest BCUT2D eigenvalue weighted by molar-refractivity contribution is 5.84. The van der Waals surface area contributed by atoms with Gasteiger partial charge in [0.1, 0.15) is 12.3 Å². The van der Waals surface area contributed by atoms with E-state index in [4.69, 9.17) is 4.74 Å². The molecular weight excluding hydrogens is 416 g/mol. The molecule has 7 heteroatoms. The van der Waals surface area contributed by atoms with E-state index in [-0.39, 0.29) is 30.4 Å². The minimum Gasteiger partial charge on any atom is -0.497 e. The summed E-state index contributed by atoms with van der Waals surface area (Å²) in [6, 6.07) is 12.0. The zero-order valence-corrected chi connectivity index (χ0v) is 21.2. The van der Waals surface area contributed by atoms with E-state index in [0.29, 0.717) is 19.6 Å². The fourth-order valence-corrected chi connectivity index (χ4v) is 3.79. The summed E-state index contributed by atoms with van der Waals surface area (Å²) in [5.74, 6) is 1.07. The molecule has 182 valence electrons. The summed E-state index contributed by atoms with van der Waals surface area (Å²) in [4.78, 5) is 31.2. The minimum atomic E-state index is -0.137. The first-order valence-corrected chi connectivity index (χ1v) is 11.7. The number of nitrogens with zero attached hydrogens (tertiary/aromatic N) is 4. The van der Waals surface area contributed by atoms with Gasteiger partial charge in [0.25, 0.3) is 0 Å². The second-order valence-electron chi connectivity index (χ2n) is 9.21. The van der Waals surface area contributed by atoms with Gasteiger partial charge in [0.15, 0.2) is 0 Å². The quantitative estimate of drug-likeness (QED) is 0.506. The first kappa shape index (κ1) is 26.3. The van der Waals surface area contributed by atoms with Gasteiger partial charge in [-0.2, -0.15) is 0 Å². The Hall–Kier alpha value is -2.96. The molecule has 1 heterocycles. The van der Waals surface area contributed by atoms with Gasteiger partial charge in [0, 0.05) is 45.1 Å². The summed E-state index contributed by atoms with van der Waals surface area (Å²) in [5.41, 5.74) is 2.19. The molecule has 2 rings (SSSR count). The van der Waals surface area contributed by atoms with Crippen molar-refractivity contribution in [3.63, 3.8) is 0 Å². The van der Waals surface area contributed by atoms with Crippen LogP contribution in [0.25, 0.3) is 0 Å². The number of benzene rings is 1. The molecule has 2 aromatic rings. The Balaban J connectivity index is 2.21. The van der Waals surface area contributed by atoms with Crippen molar-refractivity contribution in [2.75, 3.05) is 34.3 Å². The van der Waals surface area contributed by atoms with Gasteiger partial charge in [-0.05, 0) is 49.1 Å². The second-order valence-corrected chi connectivity index (χ2v) is 9.21. The fourth-order valence-electron chi connectivity index (χ4n) is 3.79. The number of hydrogen-bond donors (Lipinski definition) is 0. The van der Waals surface area contributed by atoms with Gasteiger partial charge in [0.2, 0.25) is 5.91 Å². The number of ether oxygens (including phenoxy) is 1. The average Bonchev–Trinajstić information content (AvgIpc) is 3.21. The third-order valence-electron chi connectivity index (χ3n) is 5.75. The van der Waals surface area contributed by atoms with E-state index in [2.05, 4.69) is 44.4 Å². The van der Waals surface area contributed by atoms with Gasteiger partial charge in [-0.1, -0.05) is 32.9 Å². The number of aromatic nitrogens is 1. The minimum absolute atomic E-state index is 0.0330. The summed E-state index contributed by atoms with van der Waals surface area (Å²) < 4.78 is 7.51. The van der Waals surface area contributed by atoms with Crippen LogP contribution in [0.5, 0.6) is 5.75 Å². The Morgan fingerprint density at radius 3 is 2.42 bits per heavy atom. The SMILES string of the molecule is CCC(C)N(Cc1cccn1Cc1cccc(OC)c1)C(=O)CN(CC(C)C)C(=O)N(C)C. The Bertz CT molecular complexity index is 906. The van der Waals surface area contributed by atoms with Crippen LogP contribution < -0.4 is 4.74 Å². The van der Waals surface area contributed by atoms with E-state index in [1.807, 2.05) is 35.4 Å². The zero-order valence-electron chi connectivity index (χ0n) is 21.2. The molecule has 0 radical (unpaired) electrons. The van der Waals surface area contributed by atoms with Crippen LogP contribution in [0.4, 0.5) is 4.79 Å². The van der Waals surface area contributed by atoms with Crippen LogP contribution in [0.1, 0.15) is 45.4 Å². The lowest BCUT2D eigenvalue weighted by molar-refractivity contribution is -0.134. The predicted molar refractivity (Wildman–Crippen MR) is 132 cm³/mol. The predicted octanol–water partition coefficient (Wildman–Crippen LogP) is 4.31. The van der Waals surface area contributed by atoms with Crippen LogP contribution >= 0.6 is 0 Å². The summed E-state index contributed by atoms with van der Waals surface area (Å²) in [6.45, 7) is 10.1. The molecule has 33 heavy (non-hydrogen) atoms. The molecule has 0 aliphatic heterocycles. The van der Waals surface area contributed by atoms with Crippen LogP contribution in [0, 0.1) is 5.92 Å². The Morgan fingerprint density at radius 1 is 1.09 bits per heavy atom. The Morgan fingerprint density at radius 2 is 1.82 bits per heavy atom. The van der Waals surface area contributed by atoms with Gasteiger partial charge in [0.05, 0.1) is 13.7 Å². The standard InChI is InChI=1S/C26H40N4O3/c1-8-21(4)30(25(31)19-29(16-20(2)3)26(32)27(5)6)18-23-12-10-14-28(23)17-22-11-9-13-24(15-22)33-7/h9-15,20-21H,8,16-19H2,1-7H3. The smallest absolute Gasteiger partial charge is 0.319 e. The molecule has 0 aliphatic carbocycles. The van der Waals surface area contributed by atoms with Crippen molar-refractivity contribution < 1.29 is 14.3 Å². The van der Waals surface area contributed by atoms with Crippen molar-refractivity contribution >= 4 is 11.9 Å². The maximum absolute atomic E-state index is 13.4. The number of urea groups is 1. The highest BCUT2D eigenvalue weighted by atomic mass is 16.5. The van der Waals surface area contributed by atoms with Crippen LogP contribution in [-0.4, -0.2) is 71.5 Å². The Kier molecular flexibility index (Phi) is 9.82. The lowest BCUT2D eigenvalue weighted by Gasteiger charge is -2.33. The van der Waals surface area contributed by atoms with Gasteiger partial charge < -0.3 is 24.0 Å². The van der Waals surface area contributed by atoms with Gasteiger partial charge in [-0.25, -0.2) is 4.79 Å². The van der Waals surface area contributed by atoms with E-state index < -0.39 is 0 Å². The van der Waals surface area contributed by atoms with Crippen molar-refractivity contribution in [2.45, 2.75) is 53.2 Å². The molecule has 0 bridgehead atoms. The molecule has 1 aromatic heterocycles. The summed E-state index contributed by atoms with van der Waals surface area (Å²) in [7, 11) is 5.11. The lowest BCUT2D eigenvalue weighted by atomic mass is 10.1. The maximum atomic E-state index is 13.4. The normalized spacial score (nSPS) is 11.9. The fraction of sp³-hybridized carbons (Fsp3) is 0.538. The summed E-state index contributed by atoms with van der Waals surface area (Å²) >= 11 is 0. The van der Waals surface area contributed by atoms with Gasteiger partial charge >= 0.3 is 6.03 Å². The molecular formula is C26H40N4O3. The molecule has 0 saturated carbocycles. The summed E-state index contributed by atoms with van der Waals surface area (Å²) in [5, 5.41) is 0. The molecule has 0 saturated heterocycles. The van der Waals surface area contributed by atoms with Crippen LogP contribution in [0.15, 0.2) is 42.6 Å². The zero-order chi connectivity index (χ0) is 24.5. The van der Waals surface area contributed by atoms with Crippen molar-refractivity contribution in [1.29, 1.82) is 0 Å². The molecule has 7 nitrogen and oxygen atoms in total. The van der Waals surface area contributed by atoms with Crippen molar-refractivity contribution in [2.24, 2.45) is 5.92 Å². The topological polar surface area (TPSA) is 58.0 Å². The average molecular weight is 457 g/mol. The molecule has 1 unspecified atom stereocenters. The monoisotopic (exact) mass is 456 g/mol. The number of amides is 3. The molecule has 0 N–H and O–H groups in total. The molecule has 1 aromatic carbocycles. The largest absolute Gasteiger partial charge is 0.497 e. The van der Waals surface area contributed by atoms with Gasteiger partial charge in [-0.15, -0.1) is 0 Å². The van der Waals surface area contributed by atoms with E-state index >= 15 is 0 Å². The molecule has 3 amide bonds. The number of carbonyl (C=O) groups excluding carboxylic acids is 2. The lowest BCUT2D eigenvalue weighted by Crippen LogP contribution is -2.49. The third-order valence-corrected chi connectivity index (χ3v) is 5.75. The van der Waals surface area contributed by atoms with E-state index in [1.54, 1.807) is 26.1 Å². The number of rotatable bonds is 11. The first-order valence-electron chi connectivity index (χ1n) is 11.7. The molecule has 0 fully saturated rings. The Labute approximate surface area is 198 Å². The van der Waals surface area contributed by atoms with Crippen molar-refractivity contribution in [3.05, 3.63) is 53.9 Å². The second kappa shape index (κ2) is 12.3. The van der Waals surface area contributed by atoms with E-state index in [0.717, 1.165) is 23.4 Å². The molecule has 0 spiro atoms. The van der Waals surface area contributed by atoms with Crippen molar-refractivity contribution in [3.8, 4) is 5.75 Å². The van der Waals surface area contributed by atoms with E-state index in [1.165, 1.54) is 4.90 Å². The van der Waals surface area contributed by atoms with Gasteiger partial charge in [-0.3, -0.25) is 4.79 Å². The molecule has 1 atom stereocenters.